The molecule has 0 aromatic carbocycles. The van der Waals surface area contributed by atoms with E-state index in [0.29, 0.717) is 23.2 Å². The molecule has 1 unspecified atom stereocenters. The number of pyridine rings is 1. The molecule has 0 radical (unpaired) electrons. The molecule has 7 nitrogen and oxygen atoms in total. The minimum atomic E-state index is -4.62. The fraction of sp³-hybridized carbons (Fsp3) is 0.400. The summed E-state index contributed by atoms with van der Waals surface area (Å²) in [5, 5.41) is 9.98. The van der Waals surface area contributed by atoms with Crippen molar-refractivity contribution in [3.63, 3.8) is 0 Å². The molecule has 1 saturated heterocycles. The fourth-order valence-electron chi connectivity index (χ4n) is 3.87. The van der Waals surface area contributed by atoms with Gasteiger partial charge in [0.2, 0.25) is 0 Å². The molecular weight excluding hydrogens is 429 g/mol. The summed E-state index contributed by atoms with van der Waals surface area (Å²) in [6, 6.07) is 3.73. The van der Waals surface area contributed by atoms with Gasteiger partial charge in [-0.25, -0.2) is 19.2 Å². The Labute approximate surface area is 179 Å². The van der Waals surface area contributed by atoms with Gasteiger partial charge in [0.1, 0.15) is 17.0 Å². The summed E-state index contributed by atoms with van der Waals surface area (Å²) in [6.45, 7) is 2.51. The van der Waals surface area contributed by atoms with Crippen LogP contribution in [0.4, 0.5) is 13.2 Å². The van der Waals surface area contributed by atoms with E-state index in [4.69, 9.17) is 4.74 Å². The molecular formula is C20H19F3N6OS. The number of hydrogen-bond donors (Lipinski definition) is 0. The second kappa shape index (κ2) is 7.49. The van der Waals surface area contributed by atoms with Gasteiger partial charge >= 0.3 is 6.18 Å². The highest BCUT2D eigenvalue weighted by molar-refractivity contribution is 7.98. The number of hydrogen-bond acceptors (Lipinski definition) is 6. The van der Waals surface area contributed by atoms with Crippen LogP contribution in [0.1, 0.15) is 36.6 Å². The Morgan fingerprint density at radius 2 is 2.00 bits per heavy atom. The Kier molecular flexibility index (Phi) is 4.89. The van der Waals surface area contributed by atoms with Crippen molar-refractivity contribution in [2.75, 3.05) is 12.9 Å². The lowest BCUT2D eigenvalue weighted by molar-refractivity contribution is -0.137. The summed E-state index contributed by atoms with van der Waals surface area (Å²) in [5.41, 5.74) is 1.08. The number of aromatic nitrogens is 6. The van der Waals surface area contributed by atoms with Gasteiger partial charge in [-0.15, -0.1) is 5.10 Å². The molecule has 0 aliphatic carbocycles. The molecule has 5 heterocycles. The van der Waals surface area contributed by atoms with Crippen molar-refractivity contribution < 1.29 is 17.9 Å². The zero-order chi connectivity index (χ0) is 21.8. The lowest BCUT2D eigenvalue weighted by Gasteiger charge is -2.22. The van der Waals surface area contributed by atoms with Crippen molar-refractivity contribution in [2.45, 2.75) is 43.7 Å². The lowest BCUT2D eigenvalue weighted by Crippen LogP contribution is -2.19. The van der Waals surface area contributed by atoms with Gasteiger partial charge in [0.05, 0.1) is 10.9 Å². The van der Waals surface area contributed by atoms with Crippen molar-refractivity contribution >= 4 is 28.3 Å². The third-order valence-electron chi connectivity index (χ3n) is 5.33. The Morgan fingerprint density at radius 1 is 1.16 bits per heavy atom. The zero-order valence-corrected chi connectivity index (χ0v) is 17.7. The average Bonchev–Trinajstić information content (AvgIpc) is 3.30. The molecule has 1 aliphatic heterocycles. The summed E-state index contributed by atoms with van der Waals surface area (Å²) in [4.78, 5) is 8.06. The maximum absolute atomic E-state index is 13.9. The van der Waals surface area contributed by atoms with Crippen molar-refractivity contribution in [1.29, 1.82) is 0 Å². The monoisotopic (exact) mass is 448 g/mol. The molecule has 4 aromatic heterocycles. The van der Waals surface area contributed by atoms with Crippen molar-refractivity contribution in [2.24, 2.45) is 0 Å². The van der Waals surface area contributed by atoms with Crippen LogP contribution in [0, 0.1) is 6.92 Å². The number of halogens is 3. The van der Waals surface area contributed by atoms with Gasteiger partial charge < -0.3 is 4.74 Å². The van der Waals surface area contributed by atoms with Crippen LogP contribution in [0.15, 0.2) is 29.7 Å². The van der Waals surface area contributed by atoms with Crippen LogP contribution in [0.3, 0.4) is 0 Å². The van der Waals surface area contributed by atoms with Gasteiger partial charge in [-0.2, -0.15) is 18.3 Å². The second-order valence-electron chi connectivity index (χ2n) is 7.47. The molecule has 162 valence electrons. The molecule has 1 aliphatic rings. The van der Waals surface area contributed by atoms with E-state index in [0.717, 1.165) is 31.0 Å². The quantitative estimate of drug-likeness (QED) is 0.328. The predicted octanol–water partition coefficient (Wildman–Crippen LogP) is 4.89. The highest BCUT2D eigenvalue weighted by atomic mass is 32.2. The van der Waals surface area contributed by atoms with Crippen LogP contribution < -0.4 is 0 Å². The maximum Gasteiger partial charge on any atom is 0.420 e. The normalized spacial score (nSPS) is 17.6. The van der Waals surface area contributed by atoms with E-state index in [2.05, 4.69) is 20.2 Å². The first-order chi connectivity index (χ1) is 14.9. The first kappa shape index (κ1) is 20.3. The van der Waals surface area contributed by atoms with Gasteiger partial charge in [0.15, 0.2) is 17.0 Å². The number of ether oxygens (including phenoxy) is 1. The standard InChI is InChI=1S/C20H19F3N6OS/c1-11-6-7-13-15-17(16-12(20(21,22)23)9-24-19(25-16)31-2)26-29(14-5-3-4-8-30-14)18(15)27-28(13)10-11/h6-7,9-10,14H,3-5,8H2,1-2H3. The predicted molar refractivity (Wildman–Crippen MR) is 110 cm³/mol. The van der Waals surface area contributed by atoms with E-state index < -0.39 is 11.7 Å². The molecule has 11 heteroatoms. The van der Waals surface area contributed by atoms with E-state index in [1.165, 1.54) is 11.8 Å². The van der Waals surface area contributed by atoms with Crippen LogP contribution in [0.2, 0.25) is 0 Å². The summed E-state index contributed by atoms with van der Waals surface area (Å²) in [6.07, 6.45) is 1.99. The number of rotatable bonds is 3. The maximum atomic E-state index is 13.9. The third kappa shape index (κ3) is 3.45. The molecule has 4 aromatic rings. The first-order valence-electron chi connectivity index (χ1n) is 9.84. The van der Waals surface area contributed by atoms with Crippen molar-refractivity contribution in [3.05, 3.63) is 35.7 Å². The molecule has 0 saturated carbocycles. The molecule has 1 fully saturated rings. The molecule has 0 amide bonds. The van der Waals surface area contributed by atoms with Gasteiger partial charge in [-0.3, -0.25) is 0 Å². The van der Waals surface area contributed by atoms with Crippen molar-refractivity contribution in [3.8, 4) is 11.4 Å². The highest BCUT2D eigenvalue weighted by Gasteiger charge is 2.38. The first-order valence-corrected chi connectivity index (χ1v) is 11.1. The van der Waals surface area contributed by atoms with Crippen LogP contribution in [0.5, 0.6) is 0 Å². The number of alkyl halides is 3. The summed E-state index contributed by atoms with van der Waals surface area (Å²) >= 11 is 1.18. The van der Waals surface area contributed by atoms with E-state index in [9.17, 15) is 13.2 Å². The number of aryl methyl sites for hydroxylation is 1. The largest absolute Gasteiger partial charge is 0.420 e. The molecule has 0 N–H and O–H groups in total. The fourth-order valence-corrected chi connectivity index (χ4v) is 4.21. The molecule has 31 heavy (non-hydrogen) atoms. The molecule has 0 spiro atoms. The van der Waals surface area contributed by atoms with E-state index in [1.807, 2.05) is 25.3 Å². The van der Waals surface area contributed by atoms with Gasteiger partial charge in [0, 0.05) is 19.0 Å². The Balaban J connectivity index is 1.84. The van der Waals surface area contributed by atoms with Crippen LogP contribution >= 0.6 is 11.8 Å². The Bertz CT molecular complexity index is 1280. The van der Waals surface area contributed by atoms with Crippen LogP contribution in [-0.2, 0) is 10.9 Å². The third-order valence-corrected chi connectivity index (χ3v) is 5.89. The van der Waals surface area contributed by atoms with Gasteiger partial charge in [0.25, 0.3) is 0 Å². The Hall–Kier alpha value is -2.66. The minimum absolute atomic E-state index is 0.132. The van der Waals surface area contributed by atoms with Crippen molar-refractivity contribution in [1.82, 2.24) is 29.4 Å². The topological polar surface area (TPSA) is 70.1 Å². The molecule has 1 atom stereocenters. The van der Waals surface area contributed by atoms with E-state index in [1.54, 1.807) is 15.5 Å². The number of nitrogens with zero attached hydrogens (tertiary/aromatic N) is 6. The average molecular weight is 448 g/mol. The zero-order valence-electron chi connectivity index (χ0n) is 16.8. The minimum Gasteiger partial charge on any atom is -0.356 e. The SMILES string of the molecule is CSc1ncc(C(F)(F)F)c(-c2nn(C3CCCCO3)c3nn4cc(C)ccc4c23)n1. The second-order valence-corrected chi connectivity index (χ2v) is 8.24. The van der Waals surface area contributed by atoms with Crippen LogP contribution in [-0.4, -0.2) is 42.2 Å². The van der Waals surface area contributed by atoms with Gasteiger partial charge in [-0.05, 0) is 44.1 Å². The summed E-state index contributed by atoms with van der Waals surface area (Å²) < 4.78 is 50.7. The van der Waals surface area contributed by atoms with E-state index >= 15 is 0 Å². The number of thioether (sulfide) groups is 1. The van der Waals surface area contributed by atoms with E-state index in [-0.39, 0.29) is 22.8 Å². The smallest absolute Gasteiger partial charge is 0.356 e. The molecule has 0 bridgehead atoms. The molecule has 5 rings (SSSR count). The Morgan fingerprint density at radius 3 is 2.71 bits per heavy atom. The lowest BCUT2D eigenvalue weighted by atomic mass is 10.1. The summed E-state index contributed by atoms with van der Waals surface area (Å²) in [5.74, 6) is 0. The van der Waals surface area contributed by atoms with Crippen LogP contribution in [0.25, 0.3) is 27.9 Å². The highest BCUT2D eigenvalue weighted by Crippen LogP contribution is 2.40. The van der Waals surface area contributed by atoms with Gasteiger partial charge in [-0.1, -0.05) is 17.8 Å². The summed E-state index contributed by atoms with van der Waals surface area (Å²) in [7, 11) is 0. The number of fused-ring (bicyclic) bond motifs is 3.